The molecule has 2 aliphatic rings. The molecule has 0 spiro atoms. The summed E-state index contributed by atoms with van der Waals surface area (Å²) in [6, 6.07) is 11.1. The minimum atomic E-state index is -0.557. The zero-order valence-corrected chi connectivity index (χ0v) is 11.2. The first-order valence-corrected chi connectivity index (χ1v) is 7.01. The Morgan fingerprint density at radius 1 is 1.05 bits per heavy atom. The lowest BCUT2D eigenvalue weighted by atomic mass is 9.84. The number of halogens is 1. The number of hydrogen-bond acceptors (Lipinski definition) is 2. The fourth-order valence-corrected chi connectivity index (χ4v) is 3.52. The summed E-state index contributed by atoms with van der Waals surface area (Å²) in [5.74, 6) is 0.745. The molecule has 0 bridgehead atoms. The molecule has 1 heterocycles. The van der Waals surface area contributed by atoms with Crippen LogP contribution in [-0.2, 0) is 18.4 Å². The molecule has 102 valence electrons. The molecule has 1 atom stereocenters. The summed E-state index contributed by atoms with van der Waals surface area (Å²) in [4.78, 5) is 0. The summed E-state index contributed by atoms with van der Waals surface area (Å²) in [6.45, 7) is 0.721. The summed E-state index contributed by atoms with van der Waals surface area (Å²) >= 11 is 0. The quantitative estimate of drug-likeness (QED) is 0.864. The molecule has 0 aromatic heterocycles. The summed E-state index contributed by atoms with van der Waals surface area (Å²) in [6.07, 6.45) is 2.55. The van der Waals surface area contributed by atoms with Crippen molar-refractivity contribution in [2.75, 3.05) is 6.61 Å². The fraction of sp³-hybridized carbons (Fsp3) is 0.294. The first-order valence-electron chi connectivity index (χ1n) is 7.01. The molecular weight excluding hydrogens is 253 g/mol. The van der Waals surface area contributed by atoms with E-state index in [4.69, 9.17) is 10.5 Å². The number of rotatable bonds is 1. The molecule has 0 amide bonds. The Hall–Kier alpha value is -1.87. The molecule has 1 aliphatic carbocycles. The van der Waals surface area contributed by atoms with E-state index in [-0.39, 0.29) is 5.82 Å². The van der Waals surface area contributed by atoms with Crippen molar-refractivity contribution in [2.24, 2.45) is 5.73 Å². The highest BCUT2D eigenvalue weighted by Crippen LogP contribution is 2.45. The number of ether oxygens (including phenoxy) is 1. The van der Waals surface area contributed by atoms with Gasteiger partial charge in [-0.2, -0.15) is 0 Å². The molecule has 20 heavy (non-hydrogen) atoms. The van der Waals surface area contributed by atoms with E-state index in [1.165, 1.54) is 11.6 Å². The van der Waals surface area contributed by atoms with Crippen LogP contribution in [0.3, 0.4) is 0 Å². The molecule has 1 unspecified atom stereocenters. The Morgan fingerprint density at radius 3 is 2.85 bits per heavy atom. The van der Waals surface area contributed by atoms with Crippen molar-refractivity contribution in [1.82, 2.24) is 0 Å². The van der Waals surface area contributed by atoms with Crippen molar-refractivity contribution in [3.05, 3.63) is 64.5 Å². The van der Waals surface area contributed by atoms with Crippen molar-refractivity contribution >= 4 is 0 Å². The van der Waals surface area contributed by atoms with Crippen LogP contribution in [0.1, 0.15) is 28.7 Å². The van der Waals surface area contributed by atoms with Crippen LogP contribution in [0.15, 0.2) is 36.4 Å². The average Bonchev–Trinajstić information content (AvgIpc) is 3.04. The van der Waals surface area contributed by atoms with Crippen molar-refractivity contribution in [2.45, 2.75) is 24.8 Å². The van der Waals surface area contributed by atoms with E-state index >= 15 is 0 Å². The molecule has 2 nitrogen and oxygen atoms in total. The third-order valence-corrected chi connectivity index (χ3v) is 4.53. The van der Waals surface area contributed by atoms with Crippen LogP contribution < -0.4 is 10.5 Å². The van der Waals surface area contributed by atoms with Crippen LogP contribution in [0.2, 0.25) is 0 Å². The second kappa shape index (κ2) is 4.06. The van der Waals surface area contributed by atoms with Gasteiger partial charge in [0.1, 0.15) is 11.6 Å². The molecule has 3 heteroatoms. The first-order chi connectivity index (χ1) is 9.68. The summed E-state index contributed by atoms with van der Waals surface area (Å²) in [5.41, 5.74) is 10.5. The van der Waals surface area contributed by atoms with Gasteiger partial charge in [0.2, 0.25) is 0 Å². The minimum absolute atomic E-state index is 0.192. The van der Waals surface area contributed by atoms with Gasteiger partial charge < -0.3 is 10.5 Å². The monoisotopic (exact) mass is 269 g/mol. The van der Waals surface area contributed by atoms with E-state index in [0.717, 1.165) is 48.3 Å². The highest BCUT2D eigenvalue weighted by molar-refractivity contribution is 5.55. The maximum atomic E-state index is 13.4. The number of fused-ring (bicyclic) bond motifs is 2. The van der Waals surface area contributed by atoms with Crippen LogP contribution in [-0.4, -0.2) is 6.61 Å². The lowest BCUT2D eigenvalue weighted by molar-refractivity contribution is 0.345. The molecule has 0 radical (unpaired) electrons. The zero-order chi connectivity index (χ0) is 13.7. The van der Waals surface area contributed by atoms with Crippen molar-refractivity contribution in [1.29, 1.82) is 0 Å². The van der Waals surface area contributed by atoms with Crippen molar-refractivity contribution in [3.63, 3.8) is 0 Å². The van der Waals surface area contributed by atoms with Gasteiger partial charge in [-0.1, -0.05) is 24.3 Å². The van der Waals surface area contributed by atoms with Gasteiger partial charge in [-0.25, -0.2) is 4.39 Å². The Labute approximate surface area is 117 Å². The largest absolute Gasteiger partial charge is 0.493 e. The molecule has 2 aromatic carbocycles. The van der Waals surface area contributed by atoms with Gasteiger partial charge in [-0.05, 0) is 41.7 Å². The molecule has 2 N–H and O–H groups in total. The van der Waals surface area contributed by atoms with E-state index in [0.29, 0.717) is 0 Å². The lowest BCUT2D eigenvalue weighted by Gasteiger charge is -2.28. The Morgan fingerprint density at radius 2 is 1.95 bits per heavy atom. The Bertz CT molecular complexity index is 697. The Balaban J connectivity index is 1.90. The number of aryl methyl sites for hydroxylation is 1. The Kier molecular flexibility index (Phi) is 2.42. The average molecular weight is 269 g/mol. The smallest absolute Gasteiger partial charge is 0.128 e. The molecule has 2 aromatic rings. The predicted molar refractivity (Wildman–Crippen MR) is 75.3 cm³/mol. The van der Waals surface area contributed by atoms with E-state index in [1.54, 1.807) is 6.07 Å². The number of benzene rings is 2. The van der Waals surface area contributed by atoms with Gasteiger partial charge in [0, 0.05) is 12.0 Å². The lowest BCUT2D eigenvalue weighted by Crippen LogP contribution is -2.35. The molecule has 0 saturated carbocycles. The van der Waals surface area contributed by atoms with Gasteiger partial charge in [-0.15, -0.1) is 0 Å². The summed E-state index contributed by atoms with van der Waals surface area (Å²) in [5, 5.41) is 0. The normalized spacial score (nSPS) is 23.3. The number of para-hydroxylation sites is 1. The summed E-state index contributed by atoms with van der Waals surface area (Å²) < 4.78 is 19.2. The third kappa shape index (κ3) is 1.53. The second-order valence-electron chi connectivity index (χ2n) is 5.67. The second-order valence-corrected chi connectivity index (χ2v) is 5.67. The molecule has 0 fully saturated rings. The fourth-order valence-electron chi connectivity index (χ4n) is 3.52. The number of hydrogen-bond donors (Lipinski definition) is 1. The summed E-state index contributed by atoms with van der Waals surface area (Å²) in [7, 11) is 0. The minimum Gasteiger partial charge on any atom is -0.493 e. The standard InChI is InChI=1S/C17H16FNO/c18-13-4-5-14-12(10-13)6-8-17(14,19)15-3-1-2-11-7-9-20-16(11)15/h1-5,10H,6-9,19H2. The topological polar surface area (TPSA) is 35.2 Å². The van der Waals surface area contributed by atoms with Crippen LogP contribution in [0.5, 0.6) is 5.75 Å². The first kappa shape index (κ1) is 11.9. The number of nitrogens with two attached hydrogens (primary N) is 1. The van der Waals surface area contributed by atoms with Crippen molar-refractivity contribution < 1.29 is 9.13 Å². The molecule has 0 saturated heterocycles. The highest BCUT2D eigenvalue weighted by atomic mass is 19.1. The molecule has 4 rings (SSSR count). The van der Waals surface area contributed by atoms with Gasteiger partial charge in [-0.3, -0.25) is 0 Å². The van der Waals surface area contributed by atoms with Crippen LogP contribution in [0.4, 0.5) is 4.39 Å². The van der Waals surface area contributed by atoms with Crippen LogP contribution in [0.25, 0.3) is 0 Å². The molecular formula is C17H16FNO. The zero-order valence-electron chi connectivity index (χ0n) is 11.2. The van der Waals surface area contributed by atoms with Gasteiger partial charge >= 0.3 is 0 Å². The van der Waals surface area contributed by atoms with Gasteiger partial charge in [0.05, 0.1) is 12.1 Å². The van der Waals surface area contributed by atoms with Gasteiger partial charge in [0.25, 0.3) is 0 Å². The van der Waals surface area contributed by atoms with Crippen LogP contribution >= 0.6 is 0 Å². The maximum Gasteiger partial charge on any atom is 0.128 e. The van der Waals surface area contributed by atoms with Crippen molar-refractivity contribution in [3.8, 4) is 5.75 Å². The van der Waals surface area contributed by atoms with E-state index in [2.05, 4.69) is 6.07 Å². The maximum absolute atomic E-state index is 13.4. The van der Waals surface area contributed by atoms with Gasteiger partial charge in [0.15, 0.2) is 0 Å². The van der Waals surface area contributed by atoms with E-state index in [1.807, 2.05) is 18.2 Å². The predicted octanol–water partition coefficient (Wildman–Crippen LogP) is 2.91. The van der Waals surface area contributed by atoms with E-state index in [9.17, 15) is 4.39 Å². The van der Waals surface area contributed by atoms with Crippen LogP contribution in [0, 0.1) is 5.82 Å². The SMILES string of the molecule is NC1(c2cccc3c2OCC3)CCc2cc(F)ccc21. The molecule has 1 aliphatic heterocycles. The van der Waals surface area contributed by atoms with E-state index < -0.39 is 5.54 Å². The third-order valence-electron chi connectivity index (χ3n) is 4.53. The highest BCUT2D eigenvalue weighted by Gasteiger charge is 2.39.